The van der Waals surface area contributed by atoms with Gasteiger partial charge in [0.1, 0.15) is 11.5 Å². The van der Waals surface area contributed by atoms with Crippen LogP contribution in [0.15, 0.2) is 24.4 Å². The van der Waals surface area contributed by atoms with Gasteiger partial charge in [-0.15, -0.1) is 0 Å². The summed E-state index contributed by atoms with van der Waals surface area (Å²) in [6.07, 6.45) is 9.15. The summed E-state index contributed by atoms with van der Waals surface area (Å²) in [5, 5.41) is 10.6. The number of nitrogens with zero attached hydrogens (tertiary/aromatic N) is 3. The number of aliphatic carboxylic acids is 1. The van der Waals surface area contributed by atoms with E-state index in [1.165, 1.54) is 6.42 Å². The van der Waals surface area contributed by atoms with Crippen LogP contribution in [0.25, 0.3) is 10.9 Å². The second-order valence-corrected chi connectivity index (χ2v) is 10.5. The van der Waals surface area contributed by atoms with Gasteiger partial charge >= 0.3 is 5.97 Å². The summed E-state index contributed by atoms with van der Waals surface area (Å²) in [6, 6.07) is 5.76. The van der Waals surface area contributed by atoms with Crippen LogP contribution in [0.1, 0.15) is 51.4 Å². The Morgan fingerprint density at radius 1 is 1.17 bits per heavy atom. The summed E-state index contributed by atoms with van der Waals surface area (Å²) >= 11 is 0. The number of carbonyl (C=O) groups is 2. The van der Waals surface area contributed by atoms with Gasteiger partial charge in [-0.3, -0.25) is 9.78 Å². The van der Waals surface area contributed by atoms with E-state index in [0.29, 0.717) is 24.0 Å². The largest absolute Gasteiger partial charge is 0.497 e. The second-order valence-electron chi connectivity index (χ2n) is 10.5. The minimum absolute atomic E-state index is 0.281. The Labute approximate surface area is 212 Å². The number of carbonyl (C=O) groups excluding carboxylic acids is 1. The molecule has 2 aliphatic heterocycles. The lowest BCUT2D eigenvalue weighted by Crippen LogP contribution is -2.45. The summed E-state index contributed by atoms with van der Waals surface area (Å²) in [4.78, 5) is 33.1. The molecule has 2 unspecified atom stereocenters. The highest BCUT2D eigenvalue weighted by molar-refractivity contribution is 5.96. The van der Waals surface area contributed by atoms with Crippen molar-refractivity contribution in [3.63, 3.8) is 0 Å². The van der Waals surface area contributed by atoms with Gasteiger partial charge in [-0.2, -0.15) is 0 Å². The van der Waals surface area contributed by atoms with E-state index in [2.05, 4.69) is 14.8 Å². The van der Waals surface area contributed by atoms with Crippen molar-refractivity contribution >= 4 is 28.3 Å². The van der Waals surface area contributed by atoms with Crippen LogP contribution in [-0.2, 0) is 9.59 Å². The highest BCUT2D eigenvalue weighted by atomic mass is 16.5. The van der Waals surface area contributed by atoms with Crippen LogP contribution in [-0.4, -0.2) is 72.7 Å². The summed E-state index contributed by atoms with van der Waals surface area (Å²) < 4.78 is 11.3. The number of ether oxygens (including phenoxy) is 2. The first kappa shape index (κ1) is 24.8. The fourth-order valence-corrected chi connectivity index (χ4v) is 6.03. The average molecular weight is 496 g/mol. The van der Waals surface area contributed by atoms with E-state index in [9.17, 15) is 14.7 Å². The van der Waals surface area contributed by atoms with E-state index >= 15 is 0 Å². The molecular formula is C28H37N3O5. The lowest BCUT2D eigenvalue weighted by molar-refractivity contribution is -0.144. The maximum absolute atomic E-state index is 12.1. The highest BCUT2D eigenvalue weighted by Gasteiger charge is 2.33. The van der Waals surface area contributed by atoms with E-state index in [1.54, 1.807) is 13.3 Å². The van der Waals surface area contributed by atoms with Crippen LogP contribution in [0.3, 0.4) is 0 Å². The summed E-state index contributed by atoms with van der Waals surface area (Å²) in [5.74, 6) is 1.66. The first-order valence-electron chi connectivity index (χ1n) is 13.4. The molecular weight excluding hydrogens is 458 g/mol. The molecule has 0 spiro atoms. The molecule has 8 heteroatoms. The molecule has 1 saturated heterocycles. The molecule has 5 rings (SSSR count). The van der Waals surface area contributed by atoms with Crippen molar-refractivity contribution in [3.8, 4) is 11.5 Å². The predicted molar refractivity (Wildman–Crippen MR) is 138 cm³/mol. The quantitative estimate of drug-likeness (QED) is 0.584. The molecule has 1 aromatic carbocycles. The zero-order valence-electron chi connectivity index (χ0n) is 21.2. The monoisotopic (exact) mass is 495 g/mol. The smallest absolute Gasteiger partial charge is 0.346 e. The molecule has 36 heavy (non-hydrogen) atoms. The minimum atomic E-state index is -0.957. The average Bonchev–Trinajstić information content (AvgIpc) is 2.91. The van der Waals surface area contributed by atoms with Crippen molar-refractivity contribution < 1.29 is 24.2 Å². The summed E-state index contributed by atoms with van der Waals surface area (Å²) in [5.41, 5.74) is 1.74. The molecule has 3 heterocycles. The standard InChI is InChI=1S/C28H37N3O5/c1-35-21-6-7-23-22(16-21)27-25(17-29-23)36-26(28(33)34)18-31(27)15-10-19-8-12-30(13-9-19)14-11-20-4-2-3-5-24(20)32/h6-7,16-17,19-20,26H,2-5,8-15,18H2,1H3,(H,33,34). The van der Waals surface area contributed by atoms with Crippen molar-refractivity contribution in [2.24, 2.45) is 11.8 Å². The number of pyridine rings is 1. The molecule has 1 aromatic heterocycles. The van der Waals surface area contributed by atoms with E-state index in [1.807, 2.05) is 18.2 Å². The Hall–Kier alpha value is -2.87. The van der Waals surface area contributed by atoms with Gasteiger partial charge in [-0.05, 0) is 82.3 Å². The van der Waals surface area contributed by atoms with Gasteiger partial charge < -0.3 is 24.4 Å². The van der Waals surface area contributed by atoms with E-state index in [0.717, 1.165) is 93.5 Å². The molecule has 8 nitrogen and oxygen atoms in total. The number of likely N-dealkylation sites (tertiary alicyclic amines) is 1. The number of hydrogen-bond donors (Lipinski definition) is 1. The third-order valence-corrected chi connectivity index (χ3v) is 8.25. The molecule has 194 valence electrons. The normalized spacial score (nSPS) is 23.4. The van der Waals surface area contributed by atoms with E-state index in [4.69, 9.17) is 9.47 Å². The number of Topliss-reactive ketones (excluding diaryl/α,β-unsaturated/α-hetero) is 1. The fraction of sp³-hybridized carbons (Fsp3) is 0.607. The van der Waals surface area contributed by atoms with Crippen molar-refractivity contribution in [1.29, 1.82) is 0 Å². The van der Waals surface area contributed by atoms with E-state index < -0.39 is 12.1 Å². The summed E-state index contributed by atoms with van der Waals surface area (Å²) in [6.45, 7) is 4.27. The maximum atomic E-state index is 12.1. The fourth-order valence-electron chi connectivity index (χ4n) is 6.03. The number of aromatic nitrogens is 1. The second kappa shape index (κ2) is 11.0. The number of benzene rings is 1. The van der Waals surface area contributed by atoms with Crippen molar-refractivity contribution in [1.82, 2.24) is 9.88 Å². The molecule has 2 fully saturated rings. The number of ketones is 1. The van der Waals surface area contributed by atoms with Crippen molar-refractivity contribution in [2.75, 3.05) is 44.7 Å². The number of carboxylic acid groups (broad SMARTS) is 1. The molecule has 2 aromatic rings. The number of hydrogen-bond acceptors (Lipinski definition) is 7. The zero-order chi connectivity index (χ0) is 25.1. The third kappa shape index (κ3) is 5.43. The van der Waals surface area contributed by atoms with Gasteiger partial charge in [-0.1, -0.05) is 6.42 Å². The Morgan fingerprint density at radius 2 is 2.00 bits per heavy atom. The van der Waals surface area contributed by atoms with Gasteiger partial charge in [0.2, 0.25) is 6.10 Å². The Morgan fingerprint density at radius 3 is 2.75 bits per heavy atom. The van der Waals surface area contributed by atoms with Crippen LogP contribution in [0.5, 0.6) is 11.5 Å². The topological polar surface area (TPSA) is 92.2 Å². The van der Waals surface area contributed by atoms with Gasteiger partial charge in [-0.25, -0.2) is 4.79 Å². The predicted octanol–water partition coefficient (Wildman–Crippen LogP) is 4.15. The number of rotatable bonds is 8. The molecule has 2 atom stereocenters. The van der Waals surface area contributed by atoms with Crippen LogP contribution in [0, 0.1) is 11.8 Å². The Kier molecular flexibility index (Phi) is 7.60. The highest BCUT2D eigenvalue weighted by Crippen LogP contribution is 2.40. The third-order valence-electron chi connectivity index (χ3n) is 8.25. The SMILES string of the molecule is COc1ccc2ncc3c(c2c1)N(CCC1CCN(CCC2CCCCC2=O)CC1)CC(C(=O)O)O3. The number of piperidine rings is 1. The van der Waals surface area contributed by atoms with Crippen molar-refractivity contribution in [2.45, 2.75) is 57.5 Å². The molecule has 3 aliphatic rings. The lowest BCUT2D eigenvalue weighted by atomic mass is 9.85. The Bertz CT molecular complexity index is 1100. The lowest BCUT2D eigenvalue weighted by Gasteiger charge is -2.37. The first-order valence-corrected chi connectivity index (χ1v) is 13.4. The molecule has 0 bridgehead atoms. The Balaban J connectivity index is 1.21. The number of carboxylic acids is 1. The maximum Gasteiger partial charge on any atom is 0.346 e. The molecule has 1 N–H and O–H groups in total. The first-order chi connectivity index (χ1) is 17.5. The summed E-state index contributed by atoms with van der Waals surface area (Å²) in [7, 11) is 1.64. The molecule has 1 saturated carbocycles. The van der Waals surface area contributed by atoms with Gasteiger partial charge in [0.25, 0.3) is 0 Å². The minimum Gasteiger partial charge on any atom is -0.497 e. The van der Waals surface area contributed by atoms with Crippen LogP contribution in [0.4, 0.5) is 5.69 Å². The number of anilines is 1. The van der Waals surface area contributed by atoms with E-state index in [-0.39, 0.29) is 5.92 Å². The number of methoxy groups -OCH3 is 1. The molecule has 0 amide bonds. The molecule has 0 radical (unpaired) electrons. The van der Waals surface area contributed by atoms with Gasteiger partial charge in [0, 0.05) is 24.3 Å². The van der Waals surface area contributed by atoms with Crippen molar-refractivity contribution in [3.05, 3.63) is 24.4 Å². The van der Waals surface area contributed by atoms with Crippen LogP contribution < -0.4 is 14.4 Å². The zero-order valence-corrected chi connectivity index (χ0v) is 21.2. The van der Waals surface area contributed by atoms with Crippen LogP contribution in [0.2, 0.25) is 0 Å². The van der Waals surface area contributed by atoms with Gasteiger partial charge in [0.05, 0.1) is 31.1 Å². The number of fused-ring (bicyclic) bond motifs is 3. The van der Waals surface area contributed by atoms with Gasteiger partial charge in [0.15, 0.2) is 5.75 Å². The molecule has 1 aliphatic carbocycles. The van der Waals surface area contributed by atoms with Crippen LogP contribution >= 0.6 is 0 Å².